The number of carbonyl (C=O) groups excluding carboxylic acids is 1. The van der Waals surface area contributed by atoms with Crippen LogP contribution in [0.15, 0.2) is 60.7 Å². The maximum atomic E-state index is 12.9. The van der Waals surface area contributed by atoms with Gasteiger partial charge in [0.15, 0.2) is 0 Å². The third-order valence-electron chi connectivity index (χ3n) is 5.19. The van der Waals surface area contributed by atoms with Gasteiger partial charge in [0.1, 0.15) is 13.2 Å². The number of quaternary nitrogens is 1. The molecule has 132 valence electrons. The summed E-state index contributed by atoms with van der Waals surface area (Å²) in [7, 11) is 2.20. The lowest BCUT2D eigenvalue weighted by molar-refractivity contribution is -0.897. The van der Waals surface area contributed by atoms with Crippen LogP contribution in [0.25, 0.3) is 0 Å². The fourth-order valence-corrected chi connectivity index (χ4v) is 3.55. The van der Waals surface area contributed by atoms with Crippen LogP contribution in [0.4, 0.5) is 0 Å². The highest BCUT2D eigenvalue weighted by molar-refractivity contribution is 5.85. The summed E-state index contributed by atoms with van der Waals surface area (Å²) < 4.78 is 6.47. The molecule has 1 heterocycles. The second kappa shape index (κ2) is 7.38. The molecule has 2 aromatic carbocycles. The lowest BCUT2D eigenvalue weighted by atomic mass is 9.86. The van der Waals surface area contributed by atoms with Crippen LogP contribution in [-0.2, 0) is 15.1 Å². The third-order valence-corrected chi connectivity index (χ3v) is 5.19. The van der Waals surface area contributed by atoms with E-state index in [2.05, 4.69) is 7.05 Å². The Labute approximate surface area is 149 Å². The van der Waals surface area contributed by atoms with Gasteiger partial charge in [-0.05, 0) is 11.1 Å². The number of hydrogen-bond donors (Lipinski definition) is 1. The van der Waals surface area contributed by atoms with E-state index in [1.165, 1.54) is 12.8 Å². The number of benzene rings is 2. The number of hydrogen-bond acceptors (Lipinski definition) is 3. The average molecular weight is 340 g/mol. The Morgan fingerprint density at radius 3 is 1.96 bits per heavy atom. The molecule has 25 heavy (non-hydrogen) atoms. The number of ether oxygens (including phenoxy) is 1. The van der Waals surface area contributed by atoms with Crippen molar-refractivity contribution in [1.82, 2.24) is 0 Å². The van der Waals surface area contributed by atoms with Gasteiger partial charge in [0.25, 0.3) is 0 Å². The van der Waals surface area contributed by atoms with E-state index < -0.39 is 11.6 Å². The Kier molecular flexibility index (Phi) is 5.21. The van der Waals surface area contributed by atoms with E-state index in [0.717, 1.165) is 24.1 Å². The van der Waals surface area contributed by atoms with Crippen molar-refractivity contribution in [1.29, 1.82) is 0 Å². The summed E-state index contributed by atoms with van der Waals surface area (Å²) in [6.45, 7) is 3.35. The number of likely N-dealkylation sites (tertiary alicyclic amines) is 1. The van der Waals surface area contributed by atoms with Crippen molar-refractivity contribution >= 4 is 5.97 Å². The first-order valence-corrected chi connectivity index (χ1v) is 8.89. The second-order valence-electron chi connectivity index (χ2n) is 7.08. The van der Waals surface area contributed by atoms with E-state index >= 15 is 0 Å². The van der Waals surface area contributed by atoms with Gasteiger partial charge in [-0.3, -0.25) is 0 Å². The Bertz CT molecular complexity index is 654. The molecular weight excluding hydrogens is 314 g/mol. The molecule has 0 aromatic heterocycles. The summed E-state index contributed by atoms with van der Waals surface area (Å²) in [5, 5.41) is 11.3. The van der Waals surface area contributed by atoms with Crippen molar-refractivity contribution < 1.29 is 19.1 Å². The van der Waals surface area contributed by atoms with Crippen LogP contribution in [0, 0.1) is 0 Å². The Morgan fingerprint density at radius 1 is 1.00 bits per heavy atom. The number of esters is 1. The SMILES string of the molecule is C[N+]1(CCOC(=O)C(O)(c2ccccc2)c2ccccc2)CCCC1. The number of likely N-dealkylation sites (N-methyl/N-ethyl adjacent to an activating group) is 1. The highest BCUT2D eigenvalue weighted by Gasteiger charge is 2.42. The topological polar surface area (TPSA) is 46.5 Å². The summed E-state index contributed by atoms with van der Waals surface area (Å²) in [5.41, 5.74) is -0.743. The Hall–Kier alpha value is -2.17. The summed E-state index contributed by atoms with van der Waals surface area (Å²) in [6.07, 6.45) is 2.45. The molecule has 0 aliphatic carbocycles. The molecule has 4 heteroatoms. The molecule has 0 atom stereocenters. The molecule has 4 nitrogen and oxygen atoms in total. The minimum atomic E-state index is -1.79. The molecule has 0 spiro atoms. The van der Waals surface area contributed by atoms with Crippen molar-refractivity contribution in [2.24, 2.45) is 0 Å². The van der Waals surface area contributed by atoms with Gasteiger partial charge in [-0.1, -0.05) is 60.7 Å². The molecule has 1 N–H and O–H groups in total. The lowest BCUT2D eigenvalue weighted by Crippen LogP contribution is -2.45. The van der Waals surface area contributed by atoms with Crippen LogP contribution in [0.2, 0.25) is 0 Å². The fraction of sp³-hybridized carbons (Fsp3) is 0.381. The van der Waals surface area contributed by atoms with Gasteiger partial charge in [0.05, 0.1) is 20.1 Å². The lowest BCUT2D eigenvalue weighted by Gasteiger charge is -2.30. The van der Waals surface area contributed by atoms with Gasteiger partial charge < -0.3 is 14.3 Å². The standard InChI is InChI=1S/C21H26NO3/c1-22(14-8-9-15-22)16-17-25-20(23)21(24,18-10-4-2-5-11-18)19-12-6-3-7-13-19/h2-7,10-13,24H,8-9,14-17H2,1H3/q+1. The van der Waals surface area contributed by atoms with Crippen LogP contribution in [0.1, 0.15) is 24.0 Å². The van der Waals surface area contributed by atoms with Gasteiger partial charge in [-0.15, -0.1) is 0 Å². The van der Waals surface area contributed by atoms with E-state index in [0.29, 0.717) is 17.7 Å². The first-order valence-electron chi connectivity index (χ1n) is 8.89. The third kappa shape index (κ3) is 3.75. The molecule has 1 aliphatic heterocycles. The minimum absolute atomic E-state index is 0.317. The van der Waals surface area contributed by atoms with Crippen LogP contribution >= 0.6 is 0 Å². The second-order valence-corrected chi connectivity index (χ2v) is 7.08. The van der Waals surface area contributed by atoms with E-state index in [4.69, 9.17) is 4.74 Å². The highest BCUT2D eigenvalue weighted by Crippen LogP contribution is 2.31. The minimum Gasteiger partial charge on any atom is -0.457 e. The molecule has 3 rings (SSSR count). The van der Waals surface area contributed by atoms with Crippen molar-refractivity contribution in [3.8, 4) is 0 Å². The fourth-order valence-electron chi connectivity index (χ4n) is 3.55. The predicted molar refractivity (Wildman–Crippen MR) is 96.9 cm³/mol. The summed E-state index contributed by atoms with van der Waals surface area (Å²) in [6, 6.07) is 18.0. The number of aliphatic hydroxyl groups is 1. The molecule has 1 saturated heterocycles. The van der Waals surface area contributed by atoms with Crippen LogP contribution in [0.3, 0.4) is 0 Å². The first kappa shape index (κ1) is 17.6. The van der Waals surface area contributed by atoms with E-state index in [-0.39, 0.29) is 0 Å². The summed E-state index contributed by atoms with van der Waals surface area (Å²) in [5.74, 6) is -0.615. The quantitative estimate of drug-likeness (QED) is 0.650. The molecule has 0 bridgehead atoms. The van der Waals surface area contributed by atoms with E-state index in [9.17, 15) is 9.90 Å². The summed E-state index contributed by atoms with van der Waals surface area (Å²) in [4.78, 5) is 12.9. The predicted octanol–water partition coefficient (Wildman–Crippen LogP) is 2.71. The molecule has 0 amide bonds. The molecule has 2 aromatic rings. The van der Waals surface area contributed by atoms with Gasteiger partial charge in [0.2, 0.25) is 5.60 Å². The molecular formula is C21H26NO3+. The molecule has 1 fully saturated rings. The van der Waals surface area contributed by atoms with Crippen LogP contribution in [0.5, 0.6) is 0 Å². The molecule has 0 unspecified atom stereocenters. The maximum absolute atomic E-state index is 12.9. The molecule has 0 saturated carbocycles. The Balaban J connectivity index is 1.79. The zero-order valence-electron chi connectivity index (χ0n) is 14.7. The number of nitrogens with zero attached hydrogens (tertiary/aromatic N) is 1. The molecule has 1 aliphatic rings. The van der Waals surface area contributed by atoms with Crippen LogP contribution in [-0.4, -0.2) is 48.8 Å². The smallest absolute Gasteiger partial charge is 0.347 e. The van der Waals surface area contributed by atoms with Crippen molar-refractivity contribution in [2.45, 2.75) is 18.4 Å². The molecule has 0 radical (unpaired) electrons. The number of rotatable bonds is 6. The number of carbonyl (C=O) groups is 1. The highest BCUT2D eigenvalue weighted by atomic mass is 16.5. The monoisotopic (exact) mass is 340 g/mol. The van der Waals surface area contributed by atoms with Crippen molar-refractivity contribution in [2.75, 3.05) is 33.3 Å². The average Bonchev–Trinajstić information content (AvgIpc) is 3.09. The van der Waals surface area contributed by atoms with E-state index in [1.807, 2.05) is 36.4 Å². The zero-order chi connectivity index (χ0) is 17.8. The Morgan fingerprint density at radius 2 is 1.48 bits per heavy atom. The van der Waals surface area contributed by atoms with Crippen LogP contribution < -0.4 is 0 Å². The largest absolute Gasteiger partial charge is 0.457 e. The van der Waals surface area contributed by atoms with E-state index in [1.54, 1.807) is 24.3 Å². The van der Waals surface area contributed by atoms with Gasteiger partial charge in [0, 0.05) is 12.8 Å². The summed E-state index contributed by atoms with van der Waals surface area (Å²) >= 11 is 0. The zero-order valence-corrected chi connectivity index (χ0v) is 14.7. The van der Waals surface area contributed by atoms with Crippen molar-refractivity contribution in [3.05, 3.63) is 71.8 Å². The van der Waals surface area contributed by atoms with Crippen molar-refractivity contribution in [3.63, 3.8) is 0 Å². The normalized spacial score (nSPS) is 16.6. The van der Waals surface area contributed by atoms with Gasteiger partial charge >= 0.3 is 5.97 Å². The van der Waals surface area contributed by atoms with Gasteiger partial charge in [-0.25, -0.2) is 4.79 Å². The van der Waals surface area contributed by atoms with Gasteiger partial charge in [-0.2, -0.15) is 0 Å². The first-order chi connectivity index (χ1) is 12.0. The maximum Gasteiger partial charge on any atom is 0.347 e.